The second-order valence-electron chi connectivity index (χ2n) is 5.59. The Hall–Kier alpha value is -0.410. The van der Waals surface area contributed by atoms with Crippen LogP contribution in [0.3, 0.4) is 0 Å². The Labute approximate surface area is 102 Å². The molecular weight excluding hydrogens is 216 g/mol. The van der Waals surface area contributed by atoms with Crippen LogP contribution < -0.4 is 5.73 Å². The van der Waals surface area contributed by atoms with Crippen LogP contribution in [0, 0.1) is 11.8 Å². The summed E-state index contributed by atoms with van der Waals surface area (Å²) in [6.07, 6.45) is 8.02. The van der Waals surface area contributed by atoms with Crippen LogP contribution in [0.2, 0.25) is 0 Å². The molecule has 2 unspecified atom stereocenters. The van der Waals surface area contributed by atoms with Crippen molar-refractivity contribution in [2.24, 2.45) is 17.6 Å². The van der Waals surface area contributed by atoms with E-state index in [9.17, 15) is 0 Å². The summed E-state index contributed by atoms with van der Waals surface area (Å²) in [5.41, 5.74) is 6.41. The highest BCUT2D eigenvalue weighted by Gasteiger charge is 2.36. The van der Waals surface area contributed by atoms with Gasteiger partial charge in [-0.15, -0.1) is 11.3 Å². The monoisotopic (exact) mass is 238 g/mol. The standard InChI is InChI=1S/C13H22N2S/c1-10(2)8-11-4-3-5-13(14,9-11)12-15-6-7-16-12/h6-7,10-11H,3-5,8-9,14H2,1-2H3. The van der Waals surface area contributed by atoms with Crippen molar-refractivity contribution in [3.63, 3.8) is 0 Å². The van der Waals surface area contributed by atoms with Crippen LogP contribution >= 0.6 is 11.3 Å². The summed E-state index contributed by atoms with van der Waals surface area (Å²) in [5, 5.41) is 3.18. The molecule has 0 radical (unpaired) electrons. The Bertz CT molecular complexity index is 321. The first-order valence-corrected chi connectivity index (χ1v) is 7.17. The lowest BCUT2D eigenvalue weighted by molar-refractivity contribution is 0.202. The fourth-order valence-electron chi connectivity index (χ4n) is 2.96. The van der Waals surface area contributed by atoms with Crippen molar-refractivity contribution in [2.45, 2.75) is 51.5 Å². The number of hydrogen-bond acceptors (Lipinski definition) is 3. The van der Waals surface area contributed by atoms with Crippen molar-refractivity contribution in [3.8, 4) is 0 Å². The lowest BCUT2D eigenvalue weighted by atomic mass is 9.74. The van der Waals surface area contributed by atoms with Gasteiger partial charge in [0.1, 0.15) is 5.01 Å². The normalized spacial score (nSPS) is 30.9. The molecule has 1 aliphatic rings. The van der Waals surface area contributed by atoms with Gasteiger partial charge in [-0.3, -0.25) is 0 Å². The minimum absolute atomic E-state index is 0.133. The van der Waals surface area contributed by atoms with Crippen molar-refractivity contribution >= 4 is 11.3 Å². The zero-order valence-corrected chi connectivity index (χ0v) is 11.1. The highest BCUT2D eigenvalue weighted by atomic mass is 32.1. The van der Waals surface area contributed by atoms with Crippen LogP contribution in [0.25, 0.3) is 0 Å². The van der Waals surface area contributed by atoms with E-state index in [-0.39, 0.29) is 5.54 Å². The van der Waals surface area contributed by atoms with Gasteiger partial charge in [0.15, 0.2) is 0 Å². The van der Waals surface area contributed by atoms with E-state index >= 15 is 0 Å². The zero-order valence-electron chi connectivity index (χ0n) is 10.3. The molecule has 2 nitrogen and oxygen atoms in total. The van der Waals surface area contributed by atoms with Gasteiger partial charge in [0.25, 0.3) is 0 Å². The van der Waals surface area contributed by atoms with Gasteiger partial charge >= 0.3 is 0 Å². The average Bonchev–Trinajstić information content (AvgIpc) is 2.69. The average molecular weight is 238 g/mol. The van der Waals surface area contributed by atoms with Crippen LogP contribution in [-0.2, 0) is 5.54 Å². The molecule has 1 fully saturated rings. The summed E-state index contributed by atoms with van der Waals surface area (Å²) in [6, 6.07) is 0. The molecule has 1 aliphatic carbocycles. The Morgan fingerprint density at radius 3 is 3.06 bits per heavy atom. The molecule has 90 valence electrons. The van der Waals surface area contributed by atoms with Crippen molar-refractivity contribution in [3.05, 3.63) is 16.6 Å². The number of nitrogens with zero attached hydrogens (tertiary/aromatic N) is 1. The Morgan fingerprint density at radius 2 is 2.44 bits per heavy atom. The number of rotatable bonds is 3. The molecule has 0 aromatic carbocycles. The van der Waals surface area contributed by atoms with E-state index in [1.54, 1.807) is 11.3 Å². The molecule has 0 aliphatic heterocycles. The fraction of sp³-hybridized carbons (Fsp3) is 0.769. The first kappa shape index (κ1) is 12.1. The van der Waals surface area contributed by atoms with E-state index in [0.717, 1.165) is 29.7 Å². The molecule has 2 rings (SSSR count). The first-order valence-electron chi connectivity index (χ1n) is 6.29. The van der Waals surface area contributed by atoms with E-state index in [2.05, 4.69) is 18.8 Å². The number of aromatic nitrogens is 1. The summed E-state index contributed by atoms with van der Waals surface area (Å²) in [6.45, 7) is 4.60. The van der Waals surface area contributed by atoms with Gasteiger partial charge in [0.05, 0.1) is 5.54 Å². The molecule has 0 saturated heterocycles. The van der Waals surface area contributed by atoms with Crippen LogP contribution in [-0.4, -0.2) is 4.98 Å². The van der Waals surface area contributed by atoms with Crippen molar-refractivity contribution in [2.75, 3.05) is 0 Å². The number of nitrogens with two attached hydrogens (primary N) is 1. The second-order valence-corrected chi connectivity index (χ2v) is 6.48. The van der Waals surface area contributed by atoms with Gasteiger partial charge in [-0.1, -0.05) is 26.7 Å². The maximum absolute atomic E-state index is 6.54. The van der Waals surface area contributed by atoms with Gasteiger partial charge in [0, 0.05) is 11.6 Å². The smallest absolute Gasteiger partial charge is 0.112 e. The Balaban J connectivity index is 2.06. The van der Waals surface area contributed by atoms with Gasteiger partial charge < -0.3 is 5.73 Å². The fourth-order valence-corrected chi connectivity index (χ4v) is 3.75. The minimum atomic E-state index is -0.133. The maximum Gasteiger partial charge on any atom is 0.112 e. The van der Waals surface area contributed by atoms with E-state index < -0.39 is 0 Å². The van der Waals surface area contributed by atoms with Gasteiger partial charge in [-0.2, -0.15) is 0 Å². The summed E-state index contributed by atoms with van der Waals surface area (Å²) in [7, 11) is 0. The lowest BCUT2D eigenvalue weighted by Gasteiger charge is -2.37. The van der Waals surface area contributed by atoms with Crippen LogP contribution in [0.15, 0.2) is 11.6 Å². The van der Waals surface area contributed by atoms with Gasteiger partial charge in [0.2, 0.25) is 0 Å². The highest BCUT2D eigenvalue weighted by molar-refractivity contribution is 7.09. The SMILES string of the molecule is CC(C)CC1CCCC(N)(c2nccs2)C1. The molecule has 3 heteroatoms. The van der Waals surface area contributed by atoms with Crippen molar-refractivity contribution < 1.29 is 0 Å². The first-order chi connectivity index (χ1) is 7.60. The Morgan fingerprint density at radius 1 is 1.62 bits per heavy atom. The van der Waals surface area contributed by atoms with Gasteiger partial charge in [-0.25, -0.2) is 4.98 Å². The topological polar surface area (TPSA) is 38.9 Å². The quantitative estimate of drug-likeness (QED) is 0.875. The minimum Gasteiger partial charge on any atom is -0.319 e. The van der Waals surface area contributed by atoms with Gasteiger partial charge in [-0.05, 0) is 31.1 Å². The summed E-state index contributed by atoms with van der Waals surface area (Å²) in [5.74, 6) is 1.58. The molecule has 0 spiro atoms. The predicted molar refractivity (Wildman–Crippen MR) is 69.4 cm³/mol. The molecule has 1 saturated carbocycles. The third-order valence-electron chi connectivity index (χ3n) is 3.55. The Kier molecular flexibility index (Phi) is 3.65. The third-order valence-corrected chi connectivity index (χ3v) is 4.54. The van der Waals surface area contributed by atoms with E-state index in [1.807, 2.05) is 11.6 Å². The van der Waals surface area contributed by atoms with Crippen LogP contribution in [0.5, 0.6) is 0 Å². The highest BCUT2D eigenvalue weighted by Crippen LogP contribution is 2.40. The molecule has 0 amide bonds. The van der Waals surface area contributed by atoms with Crippen LogP contribution in [0.1, 0.15) is 51.0 Å². The largest absolute Gasteiger partial charge is 0.319 e. The molecule has 16 heavy (non-hydrogen) atoms. The molecule has 1 heterocycles. The van der Waals surface area contributed by atoms with E-state index in [4.69, 9.17) is 5.73 Å². The molecule has 1 aromatic heterocycles. The lowest BCUT2D eigenvalue weighted by Crippen LogP contribution is -2.41. The summed E-state index contributed by atoms with van der Waals surface area (Å²) >= 11 is 1.71. The second kappa shape index (κ2) is 4.84. The molecule has 2 N–H and O–H groups in total. The van der Waals surface area contributed by atoms with Crippen LogP contribution in [0.4, 0.5) is 0 Å². The van der Waals surface area contributed by atoms with E-state index in [1.165, 1.54) is 19.3 Å². The maximum atomic E-state index is 6.54. The van der Waals surface area contributed by atoms with Crippen molar-refractivity contribution in [1.29, 1.82) is 0 Å². The predicted octanol–water partition coefficient (Wildman–Crippen LogP) is 3.53. The molecule has 0 bridgehead atoms. The van der Waals surface area contributed by atoms with E-state index in [0.29, 0.717) is 0 Å². The molecule has 2 atom stereocenters. The third kappa shape index (κ3) is 2.64. The number of hydrogen-bond donors (Lipinski definition) is 1. The summed E-state index contributed by atoms with van der Waals surface area (Å²) in [4.78, 5) is 4.42. The molecular formula is C13H22N2S. The zero-order chi connectivity index (χ0) is 11.6. The summed E-state index contributed by atoms with van der Waals surface area (Å²) < 4.78 is 0. The molecule has 1 aromatic rings. The number of thiazole rings is 1. The van der Waals surface area contributed by atoms with Crippen molar-refractivity contribution in [1.82, 2.24) is 4.98 Å².